The van der Waals surface area contributed by atoms with Crippen molar-refractivity contribution < 1.29 is 14.7 Å². The van der Waals surface area contributed by atoms with Crippen molar-refractivity contribution in [1.82, 2.24) is 10.2 Å². The Morgan fingerprint density at radius 2 is 1.95 bits per heavy atom. The molecule has 0 saturated carbocycles. The summed E-state index contributed by atoms with van der Waals surface area (Å²) in [4.78, 5) is 24.3. The number of aliphatic carboxylic acids is 1. The first-order chi connectivity index (χ1) is 9.72. The number of amides is 2. The normalized spacial score (nSPS) is 12.6. The zero-order valence-corrected chi connectivity index (χ0v) is 13.8. The van der Waals surface area contributed by atoms with Gasteiger partial charge in [-0.2, -0.15) is 0 Å². The van der Waals surface area contributed by atoms with E-state index in [-0.39, 0.29) is 23.8 Å². The summed E-state index contributed by atoms with van der Waals surface area (Å²) in [5, 5.41) is 11.7. The van der Waals surface area contributed by atoms with Crippen LogP contribution in [0.3, 0.4) is 0 Å². The number of hydrogen-bond donors (Lipinski definition) is 2. The standard InChI is InChI=1S/C16H30N2O3/c1-6-12-18(7-2)15(21)17-11-10-13(16(3,4)5)8-9-14(19)20/h6,13H,1,7-12H2,2-5H3,(H,17,21)(H,19,20). The third-order valence-electron chi connectivity index (χ3n) is 3.72. The number of carbonyl (C=O) groups is 2. The maximum absolute atomic E-state index is 11.9. The zero-order valence-electron chi connectivity index (χ0n) is 13.8. The minimum atomic E-state index is -0.767. The van der Waals surface area contributed by atoms with E-state index in [0.29, 0.717) is 26.1 Å². The fourth-order valence-corrected chi connectivity index (χ4v) is 2.28. The highest BCUT2D eigenvalue weighted by Gasteiger charge is 2.25. The number of hydrogen-bond acceptors (Lipinski definition) is 2. The monoisotopic (exact) mass is 298 g/mol. The van der Waals surface area contributed by atoms with Crippen LogP contribution in [-0.4, -0.2) is 41.6 Å². The fourth-order valence-electron chi connectivity index (χ4n) is 2.28. The van der Waals surface area contributed by atoms with Gasteiger partial charge in [-0.1, -0.05) is 26.8 Å². The van der Waals surface area contributed by atoms with Crippen molar-refractivity contribution in [2.24, 2.45) is 11.3 Å². The molecular formula is C16H30N2O3. The quantitative estimate of drug-likeness (QED) is 0.643. The lowest BCUT2D eigenvalue weighted by Crippen LogP contribution is -2.41. The molecule has 0 radical (unpaired) electrons. The Kier molecular flexibility index (Phi) is 8.74. The first-order valence-corrected chi connectivity index (χ1v) is 7.57. The van der Waals surface area contributed by atoms with Crippen molar-refractivity contribution in [1.29, 1.82) is 0 Å². The molecule has 0 heterocycles. The predicted molar refractivity (Wildman–Crippen MR) is 85.3 cm³/mol. The molecule has 0 saturated heterocycles. The first-order valence-electron chi connectivity index (χ1n) is 7.57. The molecule has 0 aliphatic heterocycles. The largest absolute Gasteiger partial charge is 0.481 e. The summed E-state index contributed by atoms with van der Waals surface area (Å²) in [6.07, 6.45) is 3.30. The van der Waals surface area contributed by atoms with Crippen LogP contribution in [0.15, 0.2) is 12.7 Å². The molecular weight excluding hydrogens is 268 g/mol. The third-order valence-corrected chi connectivity index (χ3v) is 3.72. The Balaban J connectivity index is 4.32. The summed E-state index contributed by atoms with van der Waals surface area (Å²) in [6.45, 7) is 13.6. The maximum atomic E-state index is 11.9. The van der Waals surface area contributed by atoms with Crippen molar-refractivity contribution >= 4 is 12.0 Å². The number of rotatable bonds is 9. The Morgan fingerprint density at radius 3 is 2.38 bits per heavy atom. The average Bonchev–Trinajstić information content (AvgIpc) is 2.37. The molecule has 0 aromatic heterocycles. The van der Waals surface area contributed by atoms with Gasteiger partial charge in [-0.3, -0.25) is 4.79 Å². The molecule has 0 aliphatic rings. The molecule has 5 nitrogen and oxygen atoms in total. The van der Waals surface area contributed by atoms with Crippen LogP contribution in [0.4, 0.5) is 4.79 Å². The molecule has 2 amide bonds. The van der Waals surface area contributed by atoms with Crippen LogP contribution >= 0.6 is 0 Å². The van der Waals surface area contributed by atoms with Gasteiger partial charge in [-0.05, 0) is 31.1 Å². The number of nitrogens with zero attached hydrogens (tertiary/aromatic N) is 1. The van der Waals surface area contributed by atoms with Gasteiger partial charge in [0.15, 0.2) is 0 Å². The predicted octanol–water partition coefficient (Wildman–Crippen LogP) is 3.12. The molecule has 21 heavy (non-hydrogen) atoms. The summed E-state index contributed by atoms with van der Waals surface area (Å²) in [5.41, 5.74) is 0.0335. The summed E-state index contributed by atoms with van der Waals surface area (Å²) in [5.74, 6) is -0.500. The van der Waals surface area contributed by atoms with E-state index in [4.69, 9.17) is 5.11 Å². The molecule has 5 heteroatoms. The number of nitrogens with one attached hydrogen (secondary N) is 1. The second-order valence-corrected chi connectivity index (χ2v) is 6.34. The molecule has 0 bridgehead atoms. The van der Waals surface area contributed by atoms with Gasteiger partial charge in [-0.25, -0.2) is 4.79 Å². The van der Waals surface area contributed by atoms with E-state index in [2.05, 4.69) is 32.7 Å². The third kappa shape index (κ3) is 8.38. The molecule has 122 valence electrons. The van der Waals surface area contributed by atoms with Crippen LogP contribution in [0.1, 0.15) is 47.0 Å². The van der Waals surface area contributed by atoms with Crippen molar-refractivity contribution in [3.63, 3.8) is 0 Å². The molecule has 0 rings (SSSR count). The van der Waals surface area contributed by atoms with Gasteiger partial charge >= 0.3 is 12.0 Å². The van der Waals surface area contributed by atoms with Crippen LogP contribution in [0.25, 0.3) is 0 Å². The lowest BCUT2D eigenvalue weighted by Gasteiger charge is -2.31. The van der Waals surface area contributed by atoms with Crippen LogP contribution < -0.4 is 5.32 Å². The molecule has 0 spiro atoms. The average molecular weight is 298 g/mol. The van der Waals surface area contributed by atoms with Crippen molar-refractivity contribution in [3.05, 3.63) is 12.7 Å². The minimum absolute atomic E-state index is 0.0335. The number of urea groups is 1. The molecule has 0 aliphatic carbocycles. The molecule has 2 N–H and O–H groups in total. The number of carbonyl (C=O) groups excluding carboxylic acids is 1. The van der Waals surface area contributed by atoms with Crippen LogP contribution in [0.2, 0.25) is 0 Å². The molecule has 1 unspecified atom stereocenters. The molecule has 0 aromatic carbocycles. The van der Waals surface area contributed by atoms with Gasteiger partial charge < -0.3 is 15.3 Å². The van der Waals surface area contributed by atoms with E-state index < -0.39 is 5.97 Å². The summed E-state index contributed by atoms with van der Waals surface area (Å²) in [6, 6.07) is -0.0942. The Hall–Kier alpha value is -1.52. The second-order valence-electron chi connectivity index (χ2n) is 6.34. The van der Waals surface area contributed by atoms with Crippen LogP contribution in [0, 0.1) is 11.3 Å². The van der Waals surface area contributed by atoms with Crippen LogP contribution in [0.5, 0.6) is 0 Å². The van der Waals surface area contributed by atoms with E-state index >= 15 is 0 Å². The van der Waals surface area contributed by atoms with Crippen molar-refractivity contribution in [2.75, 3.05) is 19.6 Å². The van der Waals surface area contributed by atoms with Crippen molar-refractivity contribution in [2.45, 2.75) is 47.0 Å². The highest BCUT2D eigenvalue weighted by Crippen LogP contribution is 2.32. The fraction of sp³-hybridized carbons (Fsp3) is 0.750. The maximum Gasteiger partial charge on any atom is 0.317 e. The summed E-state index contributed by atoms with van der Waals surface area (Å²) >= 11 is 0. The lowest BCUT2D eigenvalue weighted by atomic mass is 9.76. The van der Waals surface area contributed by atoms with Gasteiger partial charge in [0, 0.05) is 26.1 Å². The summed E-state index contributed by atoms with van der Waals surface area (Å²) < 4.78 is 0. The number of likely N-dealkylation sites (N-methyl/N-ethyl adjacent to an activating group) is 1. The highest BCUT2D eigenvalue weighted by atomic mass is 16.4. The van der Waals surface area contributed by atoms with Gasteiger partial charge in [-0.15, -0.1) is 6.58 Å². The first kappa shape index (κ1) is 19.5. The SMILES string of the molecule is C=CCN(CC)C(=O)NCCC(CCC(=O)O)C(C)(C)C. The molecule has 0 fully saturated rings. The van der Waals surface area contributed by atoms with E-state index in [1.54, 1.807) is 11.0 Å². The smallest absolute Gasteiger partial charge is 0.317 e. The highest BCUT2D eigenvalue weighted by molar-refractivity contribution is 5.74. The second kappa shape index (κ2) is 9.42. The molecule has 0 aromatic rings. The zero-order chi connectivity index (χ0) is 16.5. The van der Waals surface area contributed by atoms with E-state index in [1.807, 2.05) is 6.92 Å². The number of carboxylic acids is 1. The molecule has 1 atom stereocenters. The van der Waals surface area contributed by atoms with Gasteiger partial charge in [0.05, 0.1) is 0 Å². The van der Waals surface area contributed by atoms with Crippen LogP contribution in [-0.2, 0) is 4.79 Å². The van der Waals surface area contributed by atoms with Gasteiger partial charge in [0.2, 0.25) is 0 Å². The van der Waals surface area contributed by atoms with E-state index in [9.17, 15) is 9.59 Å². The van der Waals surface area contributed by atoms with Crippen molar-refractivity contribution in [3.8, 4) is 0 Å². The van der Waals surface area contributed by atoms with E-state index in [1.165, 1.54) is 0 Å². The van der Waals surface area contributed by atoms with E-state index in [0.717, 1.165) is 6.42 Å². The Bertz CT molecular complexity index is 348. The lowest BCUT2D eigenvalue weighted by molar-refractivity contribution is -0.137. The topological polar surface area (TPSA) is 69.6 Å². The van der Waals surface area contributed by atoms with Gasteiger partial charge in [0.1, 0.15) is 0 Å². The van der Waals surface area contributed by atoms with Gasteiger partial charge in [0.25, 0.3) is 0 Å². The summed E-state index contributed by atoms with van der Waals surface area (Å²) in [7, 11) is 0. The Morgan fingerprint density at radius 1 is 1.33 bits per heavy atom. The Labute approximate surface area is 128 Å². The minimum Gasteiger partial charge on any atom is -0.481 e. The number of carboxylic acid groups (broad SMARTS) is 1.